The Balaban J connectivity index is 2.11. The first-order valence-electron chi connectivity index (χ1n) is 6.73. The molecule has 1 aliphatic heterocycles. The zero-order valence-corrected chi connectivity index (χ0v) is 11.3. The third kappa shape index (κ3) is 2.83. The van der Waals surface area contributed by atoms with Crippen molar-refractivity contribution in [3.63, 3.8) is 0 Å². The fourth-order valence-corrected chi connectivity index (χ4v) is 3.03. The Morgan fingerprint density at radius 3 is 2.83 bits per heavy atom. The Labute approximate surface area is 109 Å². The van der Waals surface area contributed by atoms with Crippen molar-refractivity contribution in [2.45, 2.75) is 26.7 Å². The Morgan fingerprint density at radius 2 is 2.22 bits per heavy atom. The number of nitrogens with zero attached hydrogens (tertiary/aromatic N) is 1. The molecule has 2 N–H and O–H groups in total. The van der Waals surface area contributed by atoms with Crippen LogP contribution >= 0.6 is 0 Å². The molecular formula is C15H23FN2. The second-order valence-corrected chi connectivity index (χ2v) is 5.95. The lowest BCUT2D eigenvalue weighted by molar-refractivity contribution is 0.167. The molecule has 18 heavy (non-hydrogen) atoms. The predicted octanol–water partition coefficient (Wildman–Crippen LogP) is 3.03. The molecule has 0 amide bonds. The van der Waals surface area contributed by atoms with E-state index in [-0.39, 0.29) is 11.2 Å². The minimum Gasteiger partial charge on any atom is -0.371 e. The molecule has 1 aliphatic rings. The Bertz CT molecular complexity index is 403. The number of hydrogen-bond donors (Lipinski definition) is 1. The van der Waals surface area contributed by atoms with Gasteiger partial charge in [0.05, 0.1) is 0 Å². The number of nitrogens with two attached hydrogens (primary N) is 1. The quantitative estimate of drug-likeness (QED) is 0.893. The number of benzene rings is 1. The van der Waals surface area contributed by atoms with E-state index in [0.29, 0.717) is 5.92 Å². The molecule has 1 heterocycles. The van der Waals surface area contributed by atoms with Gasteiger partial charge in [-0.05, 0) is 48.9 Å². The van der Waals surface area contributed by atoms with Crippen LogP contribution in [0.25, 0.3) is 0 Å². The summed E-state index contributed by atoms with van der Waals surface area (Å²) >= 11 is 0. The first-order valence-corrected chi connectivity index (χ1v) is 6.73. The fourth-order valence-electron chi connectivity index (χ4n) is 3.03. The summed E-state index contributed by atoms with van der Waals surface area (Å²) in [5.74, 6) is 0.515. The zero-order chi connectivity index (χ0) is 13.2. The molecule has 0 bridgehead atoms. The van der Waals surface area contributed by atoms with Gasteiger partial charge in [0.2, 0.25) is 0 Å². The van der Waals surface area contributed by atoms with E-state index in [9.17, 15) is 4.39 Å². The van der Waals surface area contributed by atoms with Crippen LogP contribution in [0, 0.1) is 17.2 Å². The van der Waals surface area contributed by atoms with Gasteiger partial charge in [-0.25, -0.2) is 4.39 Å². The van der Waals surface area contributed by atoms with Crippen LogP contribution in [-0.2, 0) is 0 Å². The maximum Gasteiger partial charge on any atom is 0.125 e. The van der Waals surface area contributed by atoms with Crippen molar-refractivity contribution >= 4 is 5.69 Å². The lowest BCUT2D eigenvalue weighted by atomic mass is 9.72. The van der Waals surface area contributed by atoms with Gasteiger partial charge in [-0.3, -0.25) is 0 Å². The SMILES string of the molecule is CC1(C)CN(c2cccc(F)c2)CCC1CCN. The number of hydrogen-bond acceptors (Lipinski definition) is 2. The summed E-state index contributed by atoms with van der Waals surface area (Å²) in [6.07, 6.45) is 2.23. The summed E-state index contributed by atoms with van der Waals surface area (Å²) in [5.41, 5.74) is 6.92. The van der Waals surface area contributed by atoms with Crippen LogP contribution in [0.3, 0.4) is 0 Å². The van der Waals surface area contributed by atoms with Crippen LogP contribution in [0.15, 0.2) is 24.3 Å². The van der Waals surface area contributed by atoms with Crippen molar-refractivity contribution in [2.24, 2.45) is 17.1 Å². The highest BCUT2D eigenvalue weighted by atomic mass is 19.1. The Morgan fingerprint density at radius 1 is 1.44 bits per heavy atom. The van der Waals surface area contributed by atoms with E-state index in [1.807, 2.05) is 6.07 Å². The van der Waals surface area contributed by atoms with Crippen LogP contribution in [0.5, 0.6) is 0 Å². The van der Waals surface area contributed by atoms with Gasteiger partial charge in [-0.2, -0.15) is 0 Å². The fraction of sp³-hybridized carbons (Fsp3) is 0.600. The van der Waals surface area contributed by atoms with Gasteiger partial charge in [-0.1, -0.05) is 19.9 Å². The monoisotopic (exact) mass is 250 g/mol. The molecule has 0 spiro atoms. The third-order valence-electron chi connectivity index (χ3n) is 4.14. The predicted molar refractivity (Wildman–Crippen MR) is 74.2 cm³/mol. The number of rotatable bonds is 3. The van der Waals surface area contributed by atoms with Crippen molar-refractivity contribution in [3.05, 3.63) is 30.1 Å². The molecule has 3 heteroatoms. The van der Waals surface area contributed by atoms with Gasteiger partial charge in [0.15, 0.2) is 0 Å². The molecule has 1 aromatic rings. The average Bonchev–Trinajstić information content (AvgIpc) is 2.31. The molecule has 1 unspecified atom stereocenters. The van der Waals surface area contributed by atoms with Crippen LogP contribution in [0.1, 0.15) is 26.7 Å². The zero-order valence-electron chi connectivity index (χ0n) is 11.3. The first-order chi connectivity index (χ1) is 8.53. The normalized spacial score (nSPS) is 23.1. The second-order valence-electron chi connectivity index (χ2n) is 5.95. The summed E-state index contributed by atoms with van der Waals surface area (Å²) in [6.45, 7) is 7.31. The van der Waals surface area contributed by atoms with E-state index < -0.39 is 0 Å². The van der Waals surface area contributed by atoms with Crippen molar-refractivity contribution < 1.29 is 4.39 Å². The van der Waals surface area contributed by atoms with Crippen molar-refractivity contribution in [1.82, 2.24) is 0 Å². The molecule has 1 aromatic carbocycles. The molecular weight excluding hydrogens is 227 g/mol. The maximum atomic E-state index is 13.3. The van der Waals surface area contributed by atoms with Crippen LogP contribution < -0.4 is 10.6 Å². The summed E-state index contributed by atoms with van der Waals surface area (Å²) in [4.78, 5) is 2.29. The minimum absolute atomic E-state index is 0.158. The smallest absolute Gasteiger partial charge is 0.125 e. The summed E-state index contributed by atoms with van der Waals surface area (Å²) in [5, 5.41) is 0. The maximum absolute atomic E-state index is 13.3. The van der Waals surface area contributed by atoms with Gasteiger partial charge in [0.1, 0.15) is 5.82 Å². The van der Waals surface area contributed by atoms with Gasteiger partial charge >= 0.3 is 0 Å². The van der Waals surface area contributed by atoms with Gasteiger partial charge in [-0.15, -0.1) is 0 Å². The molecule has 2 rings (SSSR count). The molecule has 0 saturated carbocycles. The van der Waals surface area contributed by atoms with Crippen LogP contribution in [0.4, 0.5) is 10.1 Å². The van der Waals surface area contributed by atoms with Crippen molar-refractivity contribution in [3.8, 4) is 0 Å². The topological polar surface area (TPSA) is 29.3 Å². The Kier molecular flexibility index (Phi) is 3.91. The number of halogens is 1. The molecule has 0 aromatic heterocycles. The van der Waals surface area contributed by atoms with Crippen LogP contribution in [0.2, 0.25) is 0 Å². The highest BCUT2D eigenvalue weighted by Crippen LogP contribution is 2.38. The minimum atomic E-state index is -0.158. The Hall–Kier alpha value is -1.09. The summed E-state index contributed by atoms with van der Waals surface area (Å²) in [6, 6.07) is 6.89. The molecule has 1 fully saturated rings. The van der Waals surface area contributed by atoms with E-state index in [1.54, 1.807) is 12.1 Å². The highest BCUT2D eigenvalue weighted by Gasteiger charge is 2.35. The van der Waals surface area contributed by atoms with E-state index in [1.165, 1.54) is 6.07 Å². The highest BCUT2D eigenvalue weighted by molar-refractivity contribution is 5.47. The van der Waals surface area contributed by atoms with E-state index >= 15 is 0 Å². The molecule has 1 saturated heterocycles. The molecule has 1 atom stereocenters. The van der Waals surface area contributed by atoms with Gasteiger partial charge < -0.3 is 10.6 Å². The third-order valence-corrected chi connectivity index (χ3v) is 4.14. The van der Waals surface area contributed by atoms with Gasteiger partial charge in [0.25, 0.3) is 0 Å². The first kappa shape index (κ1) is 13.3. The standard InChI is InChI=1S/C15H23FN2/c1-15(2)11-18(9-7-12(15)6-8-17)14-5-3-4-13(16)10-14/h3-5,10,12H,6-9,11,17H2,1-2H3. The van der Waals surface area contributed by atoms with E-state index in [4.69, 9.17) is 5.73 Å². The van der Waals surface area contributed by atoms with Crippen LogP contribution in [-0.4, -0.2) is 19.6 Å². The van der Waals surface area contributed by atoms with E-state index in [2.05, 4.69) is 18.7 Å². The molecule has 0 aliphatic carbocycles. The summed E-state index contributed by atoms with van der Waals surface area (Å²) in [7, 11) is 0. The largest absolute Gasteiger partial charge is 0.371 e. The summed E-state index contributed by atoms with van der Waals surface area (Å²) < 4.78 is 13.3. The molecule has 0 radical (unpaired) electrons. The molecule has 2 nitrogen and oxygen atoms in total. The molecule has 100 valence electrons. The number of piperidine rings is 1. The average molecular weight is 250 g/mol. The van der Waals surface area contributed by atoms with E-state index in [0.717, 1.165) is 38.2 Å². The van der Waals surface area contributed by atoms with Crippen molar-refractivity contribution in [1.29, 1.82) is 0 Å². The lowest BCUT2D eigenvalue weighted by Crippen LogP contribution is -2.46. The lowest BCUT2D eigenvalue weighted by Gasteiger charge is -2.45. The van der Waals surface area contributed by atoms with Crippen molar-refractivity contribution in [2.75, 3.05) is 24.5 Å². The van der Waals surface area contributed by atoms with Gasteiger partial charge in [0, 0.05) is 18.8 Å². The second kappa shape index (κ2) is 5.27. The number of anilines is 1.